The summed E-state index contributed by atoms with van der Waals surface area (Å²) in [5, 5.41) is 7.74. The van der Waals surface area contributed by atoms with Gasteiger partial charge >= 0.3 is 0 Å². The average Bonchev–Trinajstić information content (AvgIpc) is 3.49. The maximum Gasteiger partial charge on any atom is 0.231 e. The molecule has 1 aromatic carbocycles. The Morgan fingerprint density at radius 1 is 1.22 bits per heavy atom. The van der Waals surface area contributed by atoms with Crippen molar-refractivity contribution in [3.05, 3.63) is 58.7 Å². The molecule has 0 radical (unpaired) electrons. The van der Waals surface area contributed by atoms with E-state index in [0.717, 1.165) is 5.56 Å². The maximum absolute atomic E-state index is 12.7. The first kappa shape index (κ1) is 21.8. The molecule has 3 amide bonds. The number of hydrogen-bond donors (Lipinski definition) is 2. The van der Waals surface area contributed by atoms with Gasteiger partial charge in [-0.2, -0.15) is 0 Å². The van der Waals surface area contributed by atoms with E-state index in [4.69, 9.17) is 4.42 Å². The highest BCUT2D eigenvalue weighted by Gasteiger charge is 2.34. The zero-order chi connectivity index (χ0) is 22.7. The summed E-state index contributed by atoms with van der Waals surface area (Å²) in [5.41, 5.74) is 2.81. The predicted molar refractivity (Wildman–Crippen MR) is 121 cm³/mol. The SMILES string of the molecule is CC(=O)NCc1ccc(-c2csc(NC(=O)C3CC(=O)N(Cc4ccc(C)cc4)C3)n2)o1. The van der Waals surface area contributed by atoms with Crippen LogP contribution in [-0.4, -0.2) is 34.2 Å². The Labute approximate surface area is 189 Å². The molecule has 9 heteroatoms. The molecule has 1 unspecified atom stereocenters. The van der Waals surface area contributed by atoms with Gasteiger partial charge in [-0.15, -0.1) is 11.3 Å². The van der Waals surface area contributed by atoms with E-state index in [2.05, 4.69) is 15.6 Å². The highest BCUT2D eigenvalue weighted by Crippen LogP contribution is 2.28. The zero-order valence-corrected chi connectivity index (χ0v) is 18.7. The summed E-state index contributed by atoms with van der Waals surface area (Å²) in [6, 6.07) is 11.6. The molecule has 2 N–H and O–H groups in total. The summed E-state index contributed by atoms with van der Waals surface area (Å²) in [5.74, 6) is 0.399. The lowest BCUT2D eigenvalue weighted by Crippen LogP contribution is -2.28. The molecule has 3 heterocycles. The lowest BCUT2D eigenvalue weighted by atomic mass is 10.1. The largest absolute Gasteiger partial charge is 0.458 e. The summed E-state index contributed by atoms with van der Waals surface area (Å²) in [6.07, 6.45) is 0.195. The number of hydrogen-bond acceptors (Lipinski definition) is 6. The van der Waals surface area contributed by atoms with E-state index in [-0.39, 0.29) is 24.1 Å². The number of aromatic nitrogens is 1. The molecule has 0 spiro atoms. The second kappa shape index (κ2) is 9.35. The average molecular weight is 453 g/mol. The van der Waals surface area contributed by atoms with Gasteiger partial charge in [-0.25, -0.2) is 4.98 Å². The van der Waals surface area contributed by atoms with Crippen LogP contribution in [0.4, 0.5) is 5.13 Å². The van der Waals surface area contributed by atoms with E-state index < -0.39 is 5.92 Å². The topological polar surface area (TPSA) is 105 Å². The summed E-state index contributed by atoms with van der Waals surface area (Å²) < 4.78 is 5.70. The van der Waals surface area contributed by atoms with Crippen LogP contribution in [0.3, 0.4) is 0 Å². The lowest BCUT2D eigenvalue weighted by Gasteiger charge is -2.16. The molecule has 3 aromatic rings. The second-order valence-electron chi connectivity index (χ2n) is 7.86. The minimum atomic E-state index is -0.409. The van der Waals surface area contributed by atoms with Crippen LogP contribution >= 0.6 is 11.3 Å². The van der Waals surface area contributed by atoms with Gasteiger partial charge in [0, 0.05) is 31.8 Å². The Balaban J connectivity index is 1.33. The van der Waals surface area contributed by atoms with Crippen LogP contribution in [0.2, 0.25) is 0 Å². The number of carbonyl (C=O) groups is 3. The fourth-order valence-electron chi connectivity index (χ4n) is 3.49. The van der Waals surface area contributed by atoms with Crippen molar-refractivity contribution in [2.45, 2.75) is 33.4 Å². The number of amides is 3. The Hall–Kier alpha value is -3.46. The molecule has 1 saturated heterocycles. The van der Waals surface area contributed by atoms with Crippen LogP contribution in [0.5, 0.6) is 0 Å². The number of thiazole rings is 1. The van der Waals surface area contributed by atoms with Crippen molar-refractivity contribution in [1.29, 1.82) is 0 Å². The standard InChI is InChI=1S/C23H24N4O4S/c1-14-3-5-16(6-4-14)11-27-12-17(9-21(27)29)22(30)26-23-25-19(13-32-23)20-8-7-18(31-20)10-24-15(2)28/h3-8,13,17H,9-12H2,1-2H3,(H,24,28)(H,25,26,30). The van der Waals surface area contributed by atoms with Crippen LogP contribution in [0, 0.1) is 12.8 Å². The van der Waals surface area contributed by atoms with Gasteiger partial charge in [-0.3, -0.25) is 14.4 Å². The molecule has 0 saturated carbocycles. The Morgan fingerprint density at radius 3 is 2.75 bits per heavy atom. The smallest absolute Gasteiger partial charge is 0.231 e. The molecular formula is C23H24N4O4S. The van der Waals surface area contributed by atoms with Crippen molar-refractivity contribution < 1.29 is 18.8 Å². The number of carbonyl (C=O) groups excluding carboxylic acids is 3. The molecule has 0 bridgehead atoms. The van der Waals surface area contributed by atoms with Crippen molar-refractivity contribution in [3.8, 4) is 11.5 Å². The Morgan fingerprint density at radius 2 is 2.00 bits per heavy atom. The quantitative estimate of drug-likeness (QED) is 0.572. The molecular weight excluding hydrogens is 428 g/mol. The number of likely N-dealkylation sites (tertiary alicyclic amines) is 1. The Bertz CT molecular complexity index is 1140. The fraction of sp³-hybridized carbons (Fsp3) is 0.304. The lowest BCUT2D eigenvalue weighted by molar-refractivity contribution is -0.128. The van der Waals surface area contributed by atoms with Gasteiger partial charge in [-0.05, 0) is 24.6 Å². The van der Waals surface area contributed by atoms with E-state index in [1.807, 2.05) is 31.2 Å². The summed E-state index contributed by atoms with van der Waals surface area (Å²) in [6.45, 7) is 4.66. The van der Waals surface area contributed by atoms with E-state index >= 15 is 0 Å². The molecule has 1 fully saturated rings. The van der Waals surface area contributed by atoms with E-state index in [1.54, 1.807) is 22.4 Å². The number of nitrogens with one attached hydrogen (secondary N) is 2. The third-order valence-corrected chi connectivity index (χ3v) is 6.00. The molecule has 1 aliphatic heterocycles. The van der Waals surface area contributed by atoms with Crippen LogP contribution in [0.25, 0.3) is 11.5 Å². The number of nitrogens with zero attached hydrogens (tertiary/aromatic N) is 2. The number of furan rings is 1. The molecule has 0 aliphatic carbocycles. The molecule has 1 aliphatic rings. The number of anilines is 1. The van der Waals surface area contributed by atoms with Crippen LogP contribution in [0.15, 0.2) is 46.2 Å². The van der Waals surface area contributed by atoms with Crippen molar-refractivity contribution in [2.24, 2.45) is 5.92 Å². The van der Waals surface area contributed by atoms with Crippen LogP contribution in [-0.2, 0) is 27.5 Å². The zero-order valence-electron chi connectivity index (χ0n) is 17.9. The van der Waals surface area contributed by atoms with Gasteiger partial charge in [0.05, 0.1) is 12.5 Å². The van der Waals surface area contributed by atoms with E-state index in [1.165, 1.54) is 23.8 Å². The molecule has 4 rings (SSSR count). The van der Waals surface area contributed by atoms with Gasteiger partial charge in [0.1, 0.15) is 11.5 Å². The third kappa shape index (κ3) is 5.23. The molecule has 1 atom stereocenters. The first-order valence-electron chi connectivity index (χ1n) is 10.3. The minimum absolute atomic E-state index is 0.0205. The maximum atomic E-state index is 12.7. The van der Waals surface area contributed by atoms with Crippen molar-refractivity contribution >= 4 is 34.2 Å². The van der Waals surface area contributed by atoms with Gasteiger partial charge in [-0.1, -0.05) is 29.8 Å². The van der Waals surface area contributed by atoms with Gasteiger partial charge < -0.3 is 20.0 Å². The highest BCUT2D eigenvalue weighted by atomic mass is 32.1. The molecule has 166 valence electrons. The molecule has 8 nitrogen and oxygen atoms in total. The number of rotatable bonds is 7. The van der Waals surface area contributed by atoms with E-state index in [9.17, 15) is 14.4 Å². The minimum Gasteiger partial charge on any atom is -0.458 e. The van der Waals surface area contributed by atoms with Crippen LogP contribution < -0.4 is 10.6 Å². The third-order valence-electron chi connectivity index (χ3n) is 5.24. The normalized spacial score (nSPS) is 15.8. The summed E-state index contributed by atoms with van der Waals surface area (Å²) in [4.78, 5) is 42.3. The predicted octanol–water partition coefficient (Wildman–Crippen LogP) is 3.33. The van der Waals surface area contributed by atoms with Crippen molar-refractivity contribution in [3.63, 3.8) is 0 Å². The van der Waals surface area contributed by atoms with Crippen molar-refractivity contribution in [2.75, 3.05) is 11.9 Å². The number of benzene rings is 1. The van der Waals surface area contributed by atoms with E-state index in [0.29, 0.717) is 42.0 Å². The Kier molecular flexibility index (Phi) is 6.36. The monoisotopic (exact) mass is 452 g/mol. The number of aryl methyl sites for hydroxylation is 1. The summed E-state index contributed by atoms with van der Waals surface area (Å²) >= 11 is 1.29. The first-order chi connectivity index (χ1) is 15.4. The van der Waals surface area contributed by atoms with Crippen molar-refractivity contribution in [1.82, 2.24) is 15.2 Å². The van der Waals surface area contributed by atoms with Gasteiger partial charge in [0.15, 0.2) is 10.9 Å². The second-order valence-corrected chi connectivity index (χ2v) is 8.72. The molecule has 2 aromatic heterocycles. The first-order valence-corrected chi connectivity index (χ1v) is 11.2. The van der Waals surface area contributed by atoms with Gasteiger partial charge in [0.2, 0.25) is 17.7 Å². The highest BCUT2D eigenvalue weighted by molar-refractivity contribution is 7.14. The fourth-order valence-corrected chi connectivity index (χ4v) is 4.19. The van der Waals surface area contributed by atoms with Gasteiger partial charge in [0.25, 0.3) is 0 Å². The summed E-state index contributed by atoms with van der Waals surface area (Å²) in [7, 11) is 0. The molecule has 32 heavy (non-hydrogen) atoms. The van der Waals surface area contributed by atoms with Crippen LogP contribution in [0.1, 0.15) is 30.2 Å².